The minimum atomic E-state index is -4.37. The van der Waals surface area contributed by atoms with E-state index < -0.39 is 11.7 Å². The first-order valence-corrected chi connectivity index (χ1v) is 13.1. The SMILES string of the molecule is FC(F)(F)c1ccc([C@H](c2nnnn2C2CCCC2)N2CCN(c3nc4ccccc4s3)CC2)cc1. The highest BCUT2D eigenvalue weighted by Crippen LogP contribution is 2.37. The summed E-state index contributed by atoms with van der Waals surface area (Å²) < 4.78 is 42.8. The summed E-state index contributed by atoms with van der Waals surface area (Å²) in [7, 11) is 0. The molecule has 2 fully saturated rings. The minimum Gasteiger partial charge on any atom is -0.345 e. The van der Waals surface area contributed by atoms with Crippen LogP contribution in [0.15, 0.2) is 48.5 Å². The van der Waals surface area contributed by atoms with Crippen LogP contribution >= 0.6 is 11.3 Å². The number of hydrogen-bond acceptors (Lipinski definition) is 7. The van der Waals surface area contributed by atoms with Crippen molar-refractivity contribution in [1.29, 1.82) is 0 Å². The van der Waals surface area contributed by atoms with Gasteiger partial charge < -0.3 is 4.90 Å². The topological polar surface area (TPSA) is 63.0 Å². The lowest BCUT2D eigenvalue weighted by Crippen LogP contribution is -2.48. The second kappa shape index (κ2) is 9.44. The first-order valence-electron chi connectivity index (χ1n) is 12.3. The molecule has 1 aliphatic carbocycles. The number of halogens is 3. The number of piperazine rings is 1. The molecule has 1 saturated heterocycles. The molecule has 0 amide bonds. The Labute approximate surface area is 210 Å². The normalized spacial score (nSPS) is 18.8. The molecule has 1 atom stereocenters. The highest BCUT2D eigenvalue weighted by molar-refractivity contribution is 7.22. The molecule has 188 valence electrons. The Balaban J connectivity index is 1.29. The lowest BCUT2D eigenvalue weighted by Gasteiger charge is -2.39. The molecule has 4 aromatic rings. The molecular formula is C25H26F3N7S. The first kappa shape index (κ1) is 23.4. The van der Waals surface area contributed by atoms with Crippen LogP contribution in [0.5, 0.6) is 0 Å². The van der Waals surface area contributed by atoms with Gasteiger partial charge in [0.25, 0.3) is 0 Å². The van der Waals surface area contributed by atoms with Crippen LogP contribution in [0, 0.1) is 0 Å². The number of nitrogens with zero attached hydrogens (tertiary/aromatic N) is 7. The summed E-state index contributed by atoms with van der Waals surface area (Å²) in [6.07, 6.45) is -0.0693. The van der Waals surface area contributed by atoms with E-state index in [-0.39, 0.29) is 12.1 Å². The molecule has 3 heterocycles. The molecule has 36 heavy (non-hydrogen) atoms. The molecule has 2 aromatic carbocycles. The van der Waals surface area contributed by atoms with Crippen molar-refractivity contribution in [3.63, 3.8) is 0 Å². The Morgan fingerprint density at radius 1 is 0.917 bits per heavy atom. The molecule has 0 spiro atoms. The van der Waals surface area contributed by atoms with Gasteiger partial charge in [0.2, 0.25) is 0 Å². The van der Waals surface area contributed by atoms with Crippen LogP contribution in [0.25, 0.3) is 10.2 Å². The van der Waals surface area contributed by atoms with Gasteiger partial charge in [-0.15, -0.1) is 5.10 Å². The van der Waals surface area contributed by atoms with Crippen molar-refractivity contribution in [1.82, 2.24) is 30.1 Å². The van der Waals surface area contributed by atoms with Crippen LogP contribution in [-0.4, -0.2) is 56.3 Å². The quantitative estimate of drug-likeness (QED) is 0.360. The van der Waals surface area contributed by atoms with Gasteiger partial charge in [0, 0.05) is 26.2 Å². The Hall–Kier alpha value is -3.05. The predicted molar refractivity (Wildman–Crippen MR) is 132 cm³/mol. The molecule has 0 bridgehead atoms. The van der Waals surface area contributed by atoms with E-state index in [1.54, 1.807) is 23.5 Å². The number of hydrogen-bond donors (Lipinski definition) is 0. The van der Waals surface area contributed by atoms with E-state index in [1.165, 1.54) is 0 Å². The van der Waals surface area contributed by atoms with Crippen LogP contribution in [-0.2, 0) is 6.18 Å². The minimum absolute atomic E-state index is 0.232. The maximum absolute atomic E-state index is 13.2. The van der Waals surface area contributed by atoms with Gasteiger partial charge in [-0.3, -0.25) is 4.90 Å². The second-order valence-corrected chi connectivity index (χ2v) is 10.4. The fourth-order valence-corrected chi connectivity index (χ4v) is 6.35. The molecule has 6 rings (SSSR count). The summed E-state index contributed by atoms with van der Waals surface area (Å²) in [4.78, 5) is 9.36. The van der Waals surface area contributed by atoms with Crippen molar-refractivity contribution < 1.29 is 13.2 Å². The molecule has 1 saturated carbocycles. The fourth-order valence-electron chi connectivity index (χ4n) is 5.33. The molecular weight excluding hydrogens is 487 g/mol. The van der Waals surface area contributed by atoms with E-state index in [4.69, 9.17) is 4.98 Å². The molecule has 2 aliphatic rings. The number of benzene rings is 2. The number of fused-ring (bicyclic) bond motifs is 1. The molecule has 7 nitrogen and oxygen atoms in total. The van der Waals surface area contributed by atoms with E-state index in [0.29, 0.717) is 5.82 Å². The second-order valence-electron chi connectivity index (χ2n) is 9.43. The summed E-state index contributed by atoms with van der Waals surface area (Å²) in [6.45, 7) is 2.97. The van der Waals surface area contributed by atoms with Gasteiger partial charge in [0.05, 0.1) is 27.9 Å². The van der Waals surface area contributed by atoms with E-state index >= 15 is 0 Å². The van der Waals surface area contributed by atoms with Crippen molar-refractivity contribution >= 4 is 26.7 Å². The predicted octanol–water partition coefficient (Wildman–Crippen LogP) is 5.33. The summed E-state index contributed by atoms with van der Waals surface area (Å²) in [5.74, 6) is 0.704. The van der Waals surface area contributed by atoms with E-state index in [1.807, 2.05) is 22.9 Å². The molecule has 0 N–H and O–H groups in total. The Morgan fingerprint density at radius 2 is 1.64 bits per heavy atom. The average molecular weight is 514 g/mol. The Morgan fingerprint density at radius 3 is 2.33 bits per heavy atom. The van der Waals surface area contributed by atoms with Crippen LogP contribution in [0.3, 0.4) is 0 Å². The molecule has 0 unspecified atom stereocenters. The van der Waals surface area contributed by atoms with Crippen LogP contribution in [0.2, 0.25) is 0 Å². The van der Waals surface area contributed by atoms with Gasteiger partial charge in [0.1, 0.15) is 0 Å². The monoisotopic (exact) mass is 513 g/mol. The third kappa shape index (κ3) is 4.45. The van der Waals surface area contributed by atoms with Crippen molar-refractivity contribution in [2.45, 2.75) is 43.9 Å². The lowest BCUT2D eigenvalue weighted by molar-refractivity contribution is -0.137. The van der Waals surface area contributed by atoms with Crippen molar-refractivity contribution in [2.75, 3.05) is 31.1 Å². The first-order chi connectivity index (χ1) is 17.5. The number of rotatable bonds is 5. The zero-order valence-corrected chi connectivity index (χ0v) is 20.4. The van der Waals surface area contributed by atoms with Gasteiger partial charge in [0.15, 0.2) is 11.0 Å². The number of tetrazole rings is 1. The fraction of sp³-hybridized carbons (Fsp3) is 0.440. The number of para-hydroxylation sites is 1. The van der Waals surface area contributed by atoms with Gasteiger partial charge in [-0.1, -0.05) is 48.4 Å². The van der Waals surface area contributed by atoms with E-state index in [9.17, 15) is 13.2 Å². The van der Waals surface area contributed by atoms with Gasteiger partial charge in [-0.05, 0) is 53.1 Å². The highest BCUT2D eigenvalue weighted by atomic mass is 32.1. The zero-order valence-electron chi connectivity index (χ0n) is 19.6. The smallest absolute Gasteiger partial charge is 0.345 e. The van der Waals surface area contributed by atoms with Gasteiger partial charge in [-0.2, -0.15) is 13.2 Å². The maximum atomic E-state index is 13.2. The highest BCUT2D eigenvalue weighted by Gasteiger charge is 2.35. The number of alkyl halides is 3. The lowest BCUT2D eigenvalue weighted by atomic mass is 10.0. The summed E-state index contributed by atoms with van der Waals surface area (Å²) >= 11 is 1.68. The average Bonchev–Trinajstić information content (AvgIpc) is 3.65. The molecule has 0 radical (unpaired) electrons. The summed E-state index contributed by atoms with van der Waals surface area (Å²) in [5.41, 5.74) is 1.12. The van der Waals surface area contributed by atoms with Crippen LogP contribution in [0.4, 0.5) is 18.3 Å². The maximum Gasteiger partial charge on any atom is 0.416 e. The Bertz CT molecular complexity index is 1290. The van der Waals surface area contributed by atoms with Crippen LogP contribution < -0.4 is 4.90 Å². The third-order valence-electron chi connectivity index (χ3n) is 7.22. The van der Waals surface area contributed by atoms with Gasteiger partial charge in [-0.25, -0.2) is 9.67 Å². The van der Waals surface area contributed by atoms with E-state index in [0.717, 1.165) is 84.9 Å². The van der Waals surface area contributed by atoms with Gasteiger partial charge >= 0.3 is 6.18 Å². The largest absolute Gasteiger partial charge is 0.416 e. The standard InChI is InChI=1S/C25H26F3N7S/c26-25(27,28)18-11-9-17(10-12-18)22(23-30-31-32-35(23)19-5-1-2-6-19)33-13-15-34(16-14-33)24-29-20-7-3-4-8-21(20)36-24/h3-4,7-12,19,22H,1-2,5-6,13-16H2/t22-/m1/s1. The van der Waals surface area contributed by atoms with Crippen molar-refractivity contribution in [3.8, 4) is 0 Å². The third-order valence-corrected chi connectivity index (χ3v) is 8.32. The number of aromatic nitrogens is 5. The summed E-state index contributed by atoms with van der Waals surface area (Å²) in [6, 6.07) is 13.5. The van der Waals surface area contributed by atoms with Crippen molar-refractivity contribution in [3.05, 3.63) is 65.5 Å². The van der Waals surface area contributed by atoms with Crippen LogP contribution in [0.1, 0.15) is 54.7 Å². The van der Waals surface area contributed by atoms with E-state index in [2.05, 4.69) is 31.4 Å². The zero-order chi connectivity index (χ0) is 24.7. The van der Waals surface area contributed by atoms with Crippen molar-refractivity contribution in [2.24, 2.45) is 0 Å². The molecule has 1 aliphatic heterocycles. The molecule has 11 heteroatoms. The molecule has 2 aromatic heterocycles. The number of anilines is 1. The number of thiazole rings is 1. The Kier molecular flexibility index (Phi) is 6.12. The summed E-state index contributed by atoms with van der Waals surface area (Å²) in [5, 5.41) is 13.7.